The summed E-state index contributed by atoms with van der Waals surface area (Å²) in [6, 6.07) is 0. The van der Waals surface area contributed by atoms with Crippen LogP contribution in [0.5, 0.6) is 0 Å². The van der Waals surface area contributed by atoms with Crippen LogP contribution in [0.15, 0.2) is 0 Å². The smallest absolute Gasteiger partial charge is 0.311 e. The first kappa shape index (κ1) is 39.3. The van der Waals surface area contributed by atoms with Gasteiger partial charge in [-0.1, -0.05) is 0 Å². The Morgan fingerprint density at radius 3 is 1.36 bits per heavy atom. The number of esters is 7. The van der Waals surface area contributed by atoms with Crippen LogP contribution in [0, 0.1) is 5.41 Å². The minimum Gasteiger partial charge on any atom is -0.463 e. The van der Waals surface area contributed by atoms with E-state index in [0.29, 0.717) is 0 Å². The predicted octanol–water partition coefficient (Wildman–Crippen LogP) is -0.375. The highest BCUT2D eigenvalue weighted by Gasteiger charge is 2.57. The lowest BCUT2D eigenvalue weighted by Gasteiger charge is -2.48. The van der Waals surface area contributed by atoms with Crippen molar-refractivity contribution in [1.82, 2.24) is 0 Å². The summed E-state index contributed by atoms with van der Waals surface area (Å²) in [4.78, 5) is 85.1. The number of aliphatic hydroxyl groups is 1. The molecule has 0 aromatic carbocycles. The number of carbonyl (C=O) groups is 7. The Bertz CT molecular complexity index is 1180. The van der Waals surface area contributed by atoms with Gasteiger partial charge in [-0.3, -0.25) is 33.6 Å². The van der Waals surface area contributed by atoms with Gasteiger partial charge in [-0.05, 0) is 20.8 Å². The van der Waals surface area contributed by atoms with Gasteiger partial charge in [-0.25, -0.2) is 0 Å². The summed E-state index contributed by atoms with van der Waals surface area (Å²) in [5.41, 5.74) is -1.12. The Balaban J connectivity index is 2.73. The van der Waals surface area contributed by atoms with Crippen molar-refractivity contribution in [2.75, 3.05) is 13.2 Å². The van der Waals surface area contributed by atoms with Crippen LogP contribution < -0.4 is 0 Å². The fraction of sp³-hybridized carbons (Fsp3) is 0.759. The molecule has 0 spiro atoms. The summed E-state index contributed by atoms with van der Waals surface area (Å²) in [6.07, 6.45) is -16.6. The van der Waals surface area contributed by atoms with Gasteiger partial charge in [-0.2, -0.15) is 0 Å². The summed E-state index contributed by atoms with van der Waals surface area (Å²) >= 11 is 0. The standard InChI is InChI=1S/C29H42O18/c1-12(30)38-10-18-20(40-14(3)32)22(24(26(36)44-18)47-28(37)29(7,8)9)46-27-25(43-17(6)35)23(42-16(5)34)21(41-15(4)33)19(45-27)11-39-13(2)31/h18-27,36H,10-11H2,1-9H3/t18-,19-,20+,21+,22+,23+,24-,25-,26?,27+/m1/s1. The van der Waals surface area contributed by atoms with Gasteiger partial charge in [0.05, 0.1) is 5.41 Å². The number of hydrogen-bond donors (Lipinski definition) is 1. The molecule has 1 unspecified atom stereocenters. The third-order valence-electron chi connectivity index (χ3n) is 6.46. The average Bonchev–Trinajstić information content (AvgIpc) is 2.91. The lowest BCUT2D eigenvalue weighted by atomic mass is 9.94. The van der Waals surface area contributed by atoms with Crippen molar-refractivity contribution in [2.45, 2.75) is 124 Å². The summed E-state index contributed by atoms with van der Waals surface area (Å²) < 4.78 is 55.0. The van der Waals surface area contributed by atoms with Crippen molar-refractivity contribution >= 4 is 41.8 Å². The van der Waals surface area contributed by atoms with Gasteiger partial charge in [0.1, 0.15) is 31.5 Å². The van der Waals surface area contributed by atoms with E-state index < -0.39 is 122 Å². The predicted molar refractivity (Wildman–Crippen MR) is 149 cm³/mol. The maximum absolute atomic E-state index is 13.0. The van der Waals surface area contributed by atoms with Gasteiger partial charge < -0.3 is 52.5 Å². The maximum atomic E-state index is 13.0. The van der Waals surface area contributed by atoms with Crippen molar-refractivity contribution in [3.05, 3.63) is 0 Å². The van der Waals surface area contributed by atoms with E-state index in [0.717, 1.165) is 41.5 Å². The first-order chi connectivity index (χ1) is 21.7. The molecule has 0 aliphatic carbocycles. The second kappa shape index (κ2) is 16.8. The molecule has 0 aromatic rings. The third-order valence-corrected chi connectivity index (χ3v) is 6.46. The van der Waals surface area contributed by atoms with Gasteiger partial charge >= 0.3 is 41.8 Å². The molecule has 2 rings (SSSR count). The van der Waals surface area contributed by atoms with Gasteiger partial charge in [0.15, 0.2) is 43.1 Å². The van der Waals surface area contributed by atoms with Crippen LogP contribution in [0.4, 0.5) is 0 Å². The summed E-state index contributed by atoms with van der Waals surface area (Å²) in [7, 11) is 0. The van der Waals surface area contributed by atoms with Crippen LogP contribution in [0.25, 0.3) is 0 Å². The largest absolute Gasteiger partial charge is 0.463 e. The molecule has 0 amide bonds. The molecule has 0 saturated carbocycles. The average molecular weight is 679 g/mol. The first-order valence-corrected chi connectivity index (χ1v) is 14.5. The molecule has 0 bridgehead atoms. The van der Waals surface area contributed by atoms with Crippen LogP contribution >= 0.6 is 0 Å². The van der Waals surface area contributed by atoms with Gasteiger partial charge in [0, 0.05) is 41.5 Å². The van der Waals surface area contributed by atoms with E-state index >= 15 is 0 Å². The van der Waals surface area contributed by atoms with Crippen molar-refractivity contribution in [1.29, 1.82) is 0 Å². The van der Waals surface area contributed by atoms with E-state index in [1.807, 2.05) is 0 Å². The summed E-state index contributed by atoms with van der Waals surface area (Å²) in [5.74, 6) is -5.95. The lowest BCUT2D eigenvalue weighted by Crippen LogP contribution is -2.67. The highest BCUT2D eigenvalue weighted by Crippen LogP contribution is 2.35. The summed E-state index contributed by atoms with van der Waals surface area (Å²) in [5, 5.41) is 11.0. The fourth-order valence-electron chi connectivity index (χ4n) is 4.60. The first-order valence-electron chi connectivity index (χ1n) is 14.5. The molecule has 10 atom stereocenters. The molecular formula is C29H42O18. The van der Waals surface area contributed by atoms with E-state index in [-0.39, 0.29) is 0 Å². The third kappa shape index (κ3) is 11.7. The van der Waals surface area contributed by atoms with Crippen LogP contribution in [-0.2, 0) is 80.9 Å². The topological polar surface area (TPSA) is 232 Å². The van der Waals surface area contributed by atoms with Crippen LogP contribution in [0.3, 0.4) is 0 Å². The molecule has 18 heteroatoms. The number of rotatable bonds is 11. The molecular weight excluding hydrogens is 636 g/mol. The molecule has 266 valence electrons. The Hall–Kier alpha value is -3.87. The Morgan fingerprint density at radius 2 is 0.936 bits per heavy atom. The Labute approximate surface area is 270 Å². The van der Waals surface area contributed by atoms with Crippen molar-refractivity contribution < 1.29 is 86.0 Å². The van der Waals surface area contributed by atoms with Crippen molar-refractivity contribution in [3.8, 4) is 0 Å². The maximum Gasteiger partial charge on any atom is 0.311 e. The molecule has 2 saturated heterocycles. The lowest BCUT2D eigenvalue weighted by molar-refractivity contribution is -0.358. The zero-order chi connectivity index (χ0) is 35.8. The van der Waals surface area contributed by atoms with Gasteiger partial charge in [-0.15, -0.1) is 0 Å². The number of hydrogen-bond acceptors (Lipinski definition) is 18. The second-order valence-corrected chi connectivity index (χ2v) is 11.7. The summed E-state index contributed by atoms with van der Waals surface area (Å²) in [6.45, 7) is 9.72. The molecule has 0 aromatic heterocycles. The Kier molecular flexibility index (Phi) is 14.1. The highest BCUT2D eigenvalue weighted by molar-refractivity contribution is 5.75. The molecule has 18 nitrogen and oxygen atoms in total. The number of ether oxygens (including phenoxy) is 10. The SMILES string of the molecule is CC(=O)OC[C@H]1O[C@@H](O[C@H]2[C@@H](OC(C)=O)[C@@H](COC(C)=O)OC(O)[C@@H]2OC(=O)C(C)(C)C)[C@H](OC(C)=O)[C@@H](OC(C)=O)[C@H]1OC(C)=O. The molecule has 2 aliphatic heterocycles. The van der Waals surface area contributed by atoms with E-state index in [1.54, 1.807) is 0 Å². The molecule has 2 heterocycles. The van der Waals surface area contributed by atoms with Crippen LogP contribution in [0.2, 0.25) is 0 Å². The number of aliphatic hydroxyl groups excluding tert-OH is 1. The van der Waals surface area contributed by atoms with E-state index in [2.05, 4.69) is 0 Å². The van der Waals surface area contributed by atoms with Crippen molar-refractivity contribution in [2.24, 2.45) is 5.41 Å². The number of carbonyl (C=O) groups excluding carboxylic acids is 7. The highest BCUT2D eigenvalue weighted by atomic mass is 16.8. The zero-order valence-electron chi connectivity index (χ0n) is 27.6. The van der Waals surface area contributed by atoms with Gasteiger partial charge in [0.2, 0.25) is 0 Å². The van der Waals surface area contributed by atoms with Crippen LogP contribution in [-0.4, -0.2) is 122 Å². The zero-order valence-corrected chi connectivity index (χ0v) is 27.6. The monoisotopic (exact) mass is 678 g/mol. The van der Waals surface area contributed by atoms with E-state index in [4.69, 9.17) is 47.4 Å². The van der Waals surface area contributed by atoms with E-state index in [9.17, 15) is 38.7 Å². The van der Waals surface area contributed by atoms with E-state index in [1.165, 1.54) is 20.8 Å². The fourth-order valence-corrected chi connectivity index (χ4v) is 4.60. The molecule has 2 aliphatic rings. The van der Waals surface area contributed by atoms with Crippen molar-refractivity contribution in [3.63, 3.8) is 0 Å². The van der Waals surface area contributed by atoms with Crippen LogP contribution in [0.1, 0.15) is 62.3 Å². The molecule has 1 N–H and O–H groups in total. The normalized spacial score (nSPS) is 30.6. The minimum atomic E-state index is -1.97. The molecule has 2 fully saturated rings. The minimum absolute atomic E-state index is 0.567. The van der Waals surface area contributed by atoms with Gasteiger partial charge in [0.25, 0.3) is 0 Å². The molecule has 0 radical (unpaired) electrons. The Morgan fingerprint density at radius 1 is 0.532 bits per heavy atom. The molecule has 47 heavy (non-hydrogen) atoms. The quantitative estimate of drug-likeness (QED) is 0.217. The second-order valence-electron chi connectivity index (χ2n) is 11.7.